The van der Waals surface area contributed by atoms with E-state index in [1.807, 2.05) is 19.9 Å². The minimum atomic E-state index is -4.06. The van der Waals surface area contributed by atoms with Gasteiger partial charge in [-0.1, -0.05) is 39.0 Å². The van der Waals surface area contributed by atoms with Gasteiger partial charge < -0.3 is 9.47 Å². The lowest BCUT2D eigenvalue weighted by Crippen LogP contribution is -2.39. The molecule has 2 saturated heterocycles. The Hall–Kier alpha value is -3.23. The highest BCUT2D eigenvalue weighted by atomic mass is 31.2. The number of aromatic amines is 1. The number of carbonyl (C=O) groups excluding carboxylic acids is 2. The van der Waals surface area contributed by atoms with Crippen molar-refractivity contribution in [3.8, 4) is 0 Å². The van der Waals surface area contributed by atoms with Crippen LogP contribution >= 0.6 is 7.82 Å². The lowest BCUT2D eigenvalue weighted by Gasteiger charge is -2.24. The number of hydrogen-bond acceptors (Lipinski definition) is 11. The zero-order valence-electron chi connectivity index (χ0n) is 29.9. The topological polar surface area (TPSA) is 165 Å². The predicted molar refractivity (Wildman–Crippen MR) is 185 cm³/mol. The van der Waals surface area contributed by atoms with Gasteiger partial charge in [-0.05, 0) is 64.0 Å². The molecule has 0 aliphatic carbocycles. The van der Waals surface area contributed by atoms with Gasteiger partial charge in [-0.15, -0.1) is 11.6 Å². The van der Waals surface area contributed by atoms with Crippen molar-refractivity contribution in [3.63, 3.8) is 0 Å². The second-order valence-corrected chi connectivity index (χ2v) is 15.8. The van der Waals surface area contributed by atoms with E-state index in [0.717, 1.165) is 12.8 Å². The zero-order valence-corrected chi connectivity index (χ0v) is 30.8. The van der Waals surface area contributed by atoms with E-state index in [4.69, 9.17) is 27.9 Å². The van der Waals surface area contributed by atoms with Gasteiger partial charge in [-0.2, -0.15) is 0 Å². The number of unbranched alkanes of at least 4 members (excludes halogenated alkanes) is 1. The second kappa shape index (κ2) is 16.9. The van der Waals surface area contributed by atoms with E-state index in [0.29, 0.717) is 10.5 Å². The molecular weight excluding hydrogens is 669 g/mol. The maximum atomic E-state index is 13.3. The molecule has 14 nitrogen and oxygen atoms in total. The quantitative estimate of drug-likeness (QED) is 0.117. The van der Waals surface area contributed by atoms with Gasteiger partial charge >= 0.3 is 13.5 Å². The third-order valence-electron chi connectivity index (χ3n) is 8.78. The second-order valence-electron chi connectivity index (χ2n) is 14.0. The van der Waals surface area contributed by atoms with Gasteiger partial charge in [0, 0.05) is 31.2 Å². The lowest BCUT2D eigenvalue weighted by molar-refractivity contribution is -0.154. The van der Waals surface area contributed by atoms with Crippen molar-refractivity contribution in [1.29, 1.82) is 0 Å². The van der Waals surface area contributed by atoms with E-state index in [2.05, 4.69) is 32.3 Å². The molecule has 7 atom stereocenters. The Bertz CT molecular complexity index is 1650. The molecule has 276 valence electrons. The number of hydroxylamine groups is 2. The maximum absolute atomic E-state index is 13.3. The summed E-state index contributed by atoms with van der Waals surface area (Å²) in [7, 11) is -2.87. The molecule has 2 unspecified atom stereocenters. The fraction of sp³-hybridized carbons (Fsp3) is 0.600. The number of amides is 2. The Morgan fingerprint density at radius 3 is 2.22 bits per heavy atom. The number of carbonyl (C=O) groups is 2. The van der Waals surface area contributed by atoms with Gasteiger partial charge in [0.25, 0.3) is 17.4 Å². The summed E-state index contributed by atoms with van der Waals surface area (Å²) in [6.45, 7) is 15.6. The van der Waals surface area contributed by atoms with E-state index in [9.17, 15) is 23.7 Å². The number of fused-ring (bicyclic) bond motifs is 1. The van der Waals surface area contributed by atoms with Crippen LogP contribution in [-0.4, -0.2) is 71.2 Å². The average molecular weight is 720 g/mol. The first-order chi connectivity index (χ1) is 23.6. The molecule has 0 bridgehead atoms. The minimum absolute atomic E-state index is 0.00978. The van der Waals surface area contributed by atoms with E-state index < -0.39 is 49.3 Å². The van der Waals surface area contributed by atoms with Gasteiger partial charge in [0.1, 0.15) is 18.4 Å². The molecule has 50 heavy (non-hydrogen) atoms. The number of nitrogens with one attached hydrogen (secondary N) is 1. The number of hydrogen-bond donors (Lipinski definition) is 1. The number of benzene rings is 1. The van der Waals surface area contributed by atoms with Gasteiger partial charge in [0.15, 0.2) is 0 Å². The molecule has 3 aliphatic rings. The number of imide groups is 1. The molecule has 3 aliphatic heterocycles. The average Bonchev–Trinajstić information content (AvgIpc) is 3.69. The van der Waals surface area contributed by atoms with Gasteiger partial charge in [-0.25, -0.2) is 9.36 Å². The largest absolute Gasteiger partial charge is 0.474 e. The Labute approximate surface area is 292 Å². The fourth-order valence-electron chi connectivity index (χ4n) is 5.96. The highest BCUT2D eigenvalue weighted by Gasteiger charge is 2.45. The van der Waals surface area contributed by atoms with Crippen LogP contribution in [0.3, 0.4) is 0 Å². The first-order valence-electron chi connectivity index (χ1n) is 16.9. The van der Waals surface area contributed by atoms with Crippen LogP contribution in [0.1, 0.15) is 99.2 Å². The summed E-state index contributed by atoms with van der Waals surface area (Å²) in [4.78, 5) is 58.4. The van der Waals surface area contributed by atoms with Crippen LogP contribution < -0.4 is 11.2 Å². The SMILES string of the molecule is C=CCCCC(C)(C)C.COP(=O)(OC[C@@H]1C[C@H](C)OC1C)OC[C@H]1O[C@@H](n2cc(C)c(=O)[nH]c2=O)C[C@H]1ON1C(=O)c2ccccc2C1=O. The number of allylic oxidation sites excluding steroid dienone is 1. The molecular formula is C35H50N3O11P. The maximum Gasteiger partial charge on any atom is 0.474 e. The molecule has 0 saturated carbocycles. The van der Waals surface area contributed by atoms with Crippen LogP contribution in [0.5, 0.6) is 0 Å². The summed E-state index contributed by atoms with van der Waals surface area (Å²) in [6, 6.07) is 6.29. The Morgan fingerprint density at radius 2 is 1.66 bits per heavy atom. The summed E-state index contributed by atoms with van der Waals surface area (Å²) in [6.07, 6.45) is 4.75. The standard InChI is InChI=1S/C26H32N3O11P.C9H18/c1-14-11-28(26(33)27-23(14)30)22-10-20(40-29-24(31)18-7-5-6-8-19(18)25(29)32)21(39-22)13-37-41(34,35-4)36-12-17-9-15(2)38-16(17)3;1-5-6-7-8-9(2,3)4/h5-8,11,15-17,20-22H,9-10,12-13H2,1-4H3,(H,27,30,33);5H,1,6-8H2,2-4H3/t15-,16?,17-,20+,21+,22+,41?;/m0./s1. The van der Waals surface area contributed by atoms with Crippen LogP contribution in [-0.2, 0) is 32.4 Å². The van der Waals surface area contributed by atoms with Crippen LogP contribution in [0.15, 0.2) is 52.7 Å². The highest BCUT2D eigenvalue weighted by Crippen LogP contribution is 2.50. The minimum Gasteiger partial charge on any atom is -0.375 e. The van der Waals surface area contributed by atoms with E-state index in [1.54, 1.807) is 12.1 Å². The molecule has 1 aromatic heterocycles. The van der Waals surface area contributed by atoms with Gasteiger partial charge in [0.2, 0.25) is 0 Å². The van der Waals surface area contributed by atoms with Gasteiger partial charge in [0.05, 0.1) is 36.5 Å². The van der Waals surface area contributed by atoms with Crippen molar-refractivity contribution in [2.75, 3.05) is 20.3 Å². The van der Waals surface area contributed by atoms with Crippen LogP contribution in [0.25, 0.3) is 0 Å². The predicted octanol–water partition coefficient (Wildman–Crippen LogP) is 5.72. The number of aryl methyl sites for hydroxylation is 1. The zero-order chi connectivity index (χ0) is 36.8. The molecule has 1 aromatic carbocycles. The van der Waals surface area contributed by atoms with E-state index in [1.165, 1.54) is 49.8 Å². The van der Waals surface area contributed by atoms with E-state index in [-0.39, 0.29) is 54.5 Å². The van der Waals surface area contributed by atoms with Gasteiger partial charge in [-0.3, -0.25) is 42.3 Å². The normalized spacial score (nSPS) is 26.0. The van der Waals surface area contributed by atoms with Crippen molar-refractivity contribution in [2.24, 2.45) is 11.3 Å². The summed E-state index contributed by atoms with van der Waals surface area (Å²) in [5.74, 6) is -1.32. The molecule has 15 heteroatoms. The highest BCUT2D eigenvalue weighted by molar-refractivity contribution is 7.48. The van der Waals surface area contributed by atoms with E-state index >= 15 is 0 Å². The van der Waals surface area contributed by atoms with Crippen molar-refractivity contribution in [1.82, 2.24) is 14.6 Å². The van der Waals surface area contributed by atoms with Crippen molar-refractivity contribution in [3.05, 3.63) is 80.6 Å². The van der Waals surface area contributed by atoms with Crippen LogP contribution in [0.2, 0.25) is 0 Å². The Kier molecular flexibility index (Phi) is 13.3. The number of aromatic nitrogens is 2. The summed E-state index contributed by atoms with van der Waals surface area (Å²) >= 11 is 0. The smallest absolute Gasteiger partial charge is 0.375 e. The lowest BCUT2D eigenvalue weighted by atomic mass is 9.90. The van der Waals surface area contributed by atoms with Crippen molar-refractivity contribution >= 4 is 19.6 Å². The first kappa shape index (κ1) is 39.6. The molecule has 2 amide bonds. The number of rotatable bonds is 13. The molecule has 2 aromatic rings. The number of phosphoric ester groups is 1. The summed E-state index contributed by atoms with van der Waals surface area (Å²) < 4.78 is 42.4. The van der Waals surface area contributed by atoms with Crippen molar-refractivity contribution in [2.45, 2.75) is 104 Å². The molecule has 2 fully saturated rings. The monoisotopic (exact) mass is 719 g/mol. The number of ether oxygens (including phenoxy) is 2. The third kappa shape index (κ3) is 9.97. The first-order valence-corrected chi connectivity index (χ1v) is 18.3. The summed E-state index contributed by atoms with van der Waals surface area (Å²) in [5, 5.41) is 0.643. The molecule has 5 rings (SSSR count). The van der Waals surface area contributed by atoms with Crippen molar-refractivity contribution < 1.29 is 42.0 Å². The fourth-order valence-corrected chi connectivity index (χ4v) is 6.95. The third-order valence-corrected chi connectivity index (χ3v) is 10.2. The molecule has 1 N–H and O–H groups in total. The number of nitrogens with zero attached hydrogens (tertiary/aromatic N) is 2. The number of H-pyrrole nitrogens is 1. The summed E-state index contributed by atoms with van der Waals surface area (Å²) in [5.41, 5.74) is -0.127. The van der Waals surface area contributed by atoms with Crippen LogP contribution in [0, 0.1) is 18.3 Å². The van der Waals surface area contributed by atoms with Crippen LogP contribution in [0.4, 0.5) is 0 Å². The Balaban J connectivity index is 0.000000551. The molecule has 4 heterocycles. The Morgan fingerprint density at radius 1 is 1.02 bits per heavy atom. The molecule has 0 radical (unpaired) electrons. The number of phosphoric acid groups is 1. The molecule has 0 spiro atoms.